The van der Waals surface area contributed by atoms with Crippen LogP contribution in [-0.4, -0.2) is 37.4 Å². The second-order valence-electron chi connectivity index (χ2n) is 5.57. The Bertz CT molecular complexity index is 721. The number of carbonyl (C=O) groups is 1. The van der Waals surface area contributed by atoms with Crippen LogP contribution in [0.3, 0.4) is 0 Å². The fourth-order valence-corrected chi connectivity index (χ4v) is 4.57. The molecule has 0 radical (unpaired) electrons. The predicted octanol–water partition coefficient (Wildman–Crippen LogP) is 2.90. The molecular formula is C16H20N4OS2. The van der Waals surface area contributed by atoms with Crippen molar-refractivity contribution in [1.82, 2.24) is 19.7 Å². The Kier molecular flexibility index (Phi) is 4.87. The lowest BCUT2D eigenvalue weighted by atomic mass is 10.1. The van der Waals surface area contributed by atoms with Crippen molar-refractivity contribution in [3.63, 3.8) is 0 Å². The maximum Gasteiger partial charge on any atom is 0.236 e. The number of nitrogens with zero attached hydrogens (tertiary/aromatic N) is 4. The average molecular weight is 348 g/mol. The zero-order valence-electron chi connectivity index (χ0n) is 13.4. The first-order valence-corrected chi connectivity index (χ1v) is 9.37. The van der Waals surface area contributed by atoms with E-state index >= 15 is 0 Å². The van der Waals surface area contributed by atoms with E-state index in [9.17, 15) is 4.79 Å². The number of aromatic nitrogens is 3. The molecule has 2 aromatic rings. The summed E-state index contributed by atoms with van der Waals surface area (Å²) in [4.78, 5) is 16.1. The molecule has 5 nitrogen and oxygen atoms in total. The van der Waals surface area contributed by atoms with Crippen LogP contribution in [0.5, 0.6) is 0 Å². The van der Waals surface area contributed by atoms with Crippen molar-refractivity contribution >= 4 is 29.0 Å². The smallest absolute Gasteiger partial charge is 0.236 e. The number of fused-ring (bicyclic) bond motifs is 1. The maximum absolute atomic E-state index is 12.7. The van der Waals surface area contributed by atoms with E-state index in [0.29, 0.717) is 6.54 Å². The van der Waals surface area contributed by atoms with Gasteiger partial charge in [0.25, 0.3) is 0 Å². The number of allylic oxidation sites excluding steroid dienone is 1. The number of aryl methyl sites for hydroxylation is 1. The van der Waals surface area contributed by atoms with Gasteiger partial charge in [0.1, 0.15) is 5.82 Å². The normalized spacial score (nSPS) is 15.3. The Balaban J connectivity index is 1.68. The van der Waals surface area contributed by atoms with Gasteiger partial charge >= 0.3 is 0 Å². The van der Waals surface area contributed by atoms with Gasteiger partial charge in [-0.25, -0.2) is 0 Å². The number of carbonyl (C=O) groups excluding carboxylic acids is 1. The molecule has 0 saturated heterocycles. The van der Waals surface area contributed by atoms with Gasteiger partial charge in [-0.15, -0.1) is 28.1 Å². The van der Waals surface area contributed by atoms with Crippen LogP contribution < -0.4 is 0 Å². The summed E-state index contributed by atoms with van der Waals surface area (Å²) in [6.45, 7) is 9.80. The molecule has 23 heavy (non-hydrogen) atoms. The summed E-state index contributed by atoms with van der Waals surface area (Å²) in [5.41, 5.74) is 1.29. The lowest BCUT2D eigenvalue weighted by Crippen LogP contribution is -2.39. The van der Waals surface area contributed by atoms with E-state index in [0.717, 1.165) is 30.5 Å². The zero-order valence-corrected chi connectivity index (χ0v) is 15.0. The number of thiophene rings is 1. The molecule has 1 amide bonds. The van der Waals surface area contributed by atoms with Gasteiger partial charge in [-0.1, -0.05) is 17.8 Å². The lowest BCUT2D eigenvalue weighted by Gasteiger charge is -2.29. The van der Waals surface area contributed by atoms with Gasteiger partial charge in [0, 0.05) is 24.5 Å². The molecule has 3 rings (SSSR count). The van der Waals surface area contributed by atoms with Crippen LogP contribution in [0, 0.1) is 6.92 Å². The molecule has 0 aromatic carbocycles. The van der Waals surface area contributed by atoms with Crippen molar-refractivity contribution in [1.29, 1.82) is 0 Å². The molecular weight excluding hydrogens is 328 g/mol. The van der Waals surface area contributed by atoms with Crippen LogP contribution in [0.15, 0.2) is 29.3 Å². The SMILES string of the molecule is C=CCn1c(C)nnc1S[C@@H](C)C(=O)N1CCc2sccc2C1. The van der Waals surface area contributed by atoms with E-state index in [1.807, 2.05) is 29.4 Å². The lowest BCUT2D eigenvalue weighted by molar-refractivity contribution is -0.131. The van der Waals surface area contributed by atoms with Crippen molar-refractivity contribution in [2.45, 2.75) is 43.8 Å². The predicted molar refractivity (Wildman–Crippen MR) is 93.7 cm³/mol. The fourth-order valence-electron chi connectivity index (χ4n) is 2.69. The standard InChI is InChI=1S/C16H20N4OS2/c1-4-7-20-12(3)17-18-16(20)23-11(2)15(21)19-8-5-14-13(10-19)6-9-22-14/h4,6,9,11H,1,5,7-8,10H2,2-3H3/t11-/m0/s1. The van der Waals surface area contributed by atoms with Crippen molar-refractivity contribution in [3.05, 3.63) is 40.4 Å². The zero-order chi connectivity index (χ0) is 16.4. The first kappa shape index (κ1) is 16.3. The van der Waals surface area contributed by atoms with Crippen LogP contribution in [0.4, 0.5) is 0 Å². The van der Waals surface area contributed by atoms with E-state index in [4.69, 9.17) is 0 Å². The third-order valence-corrected chi connectivity index (χ3v) is 6.05. The highest BCUT2D eigenvalue weighted by Gasteiger charge is 2.27. The monoisotopic (exact) mass is 348 g/mol. The quantitative estimate of drug-likeness (QED) is 0.616. The Hall–Kier alpha value is -1.60. The van der Waals surface area contributed by atoms with E-state index in [-0.39, 0.29) is 11.2 Å². The third-order valence-electron chi connectivity index (χ3n) is 3.96. The minimum absolute atomic E-state index is 0.164. The van der Waals surface area contributed by atoms with Gasteiger partial charge in [0.05, 0.1) is 5.25 Å². The number of hydrogen-bond donors (Lipinski definition) is 0. The Labute approximate surface area is 144 Å². The summed E-state index contributed by atoms with van der Waals surface area (Å²) < 4.78 is 1.98. The van der Waals surface area contributed by atoms with E-state index in [1.165, 1.54) is 22.2 Å². The van der Waals surface area contributed by atoms with Gasteiger partial charge < -0.3 is 9.47 Å². The average Bonchev–Trinajstić information content (AvgIpc) is 3.15. The largest absolute Gasteiger partial charge is 0.337 e. The van der Waals surface area contributed by atoms with Gasteiger partial charge in [0.15, 0.2) is 5.16 Å². The van der Waals surface area contributed by atoms with Crippen molar-refractivity contribution in [2.75, 3.05) is 6.54 Å². The topological polar surface area (TPSA) is 51.0 Å². The molecule has 0 spiro atoms. The second kappa shape index (κ2) is 6.88. The molecule has 3 heterocycles. The number of rotatable bonds is 5. The summed E-state index contributed by atoms with van der Waals surface area (Å²) in [5, 5.41) is 11.0. The summed E-state index contributed by atoms with van der Waals surface area (Å²) >= 11 is 3.26. The number of hydrogen-bond acceptors (Lipinski definition) is 5. The molecule has 2 aromatic heterocycles. The van der Waals surface area contributed by atoms with Gasteiger partial charge in [-0.3, -0.25) is 4.79 Å². The van der Waals surface area contributed by atoms with Crippen LogP contribution in [0.1, 0.15) is 23.2 Å². The van der Waals surface area contributed by atoms with Crippen molar-refractivity contribution < 1.29 is 4.79 Å². The minimum Gasteiger partial charge on any atom is -0.337 e. The van der Waals surface area contributed by atoms with Gasteiger partial charge in [-0.05, 0) is 37.3 Å². The first-order chi connectivity index (χ1) is 11.1. The Morgan fingerprint density at radius 1 is 1.57 bits per heavy atom. The Morgan fingerprint density at radius 3 is 3.17 bits per heavy atom. The molecule has 0 fully saturated rings. The van der Waals surface area contributed by atoms with Gasteiger partial charge in [0.2, 0.25) is 5.91 Å². The molecule has 1 aliphatic heterocycles. The highest BCUT2D eigenvalue weighted by atomic mass is 32.2. The Morgan fingerprint density at radius 2 is 2.39 bits per heavy atom. The van der Waals surface area contributed by atoms with E-state index < -0.39 is 0 Å². The third kappa shape index (κ3) is 3.35. The second-order valence-corrected chi connectivity index (χ2v) is 7.88. The van der Waals surface area contributed by atoms with Crippen LogP contribution in [0.2, 0.25) is 0 Å². The highest BCUT2D eigenvalue weighted by Crippen LogP contribution is 2.28. The minimum atomic E-state index is -0.178. The van der Waals surface area contributed by atoms with Crippen molar-refractivity contribution in [3.8, 4) is 0 Å². The maximum atomic E-state index is 12.7. The fraction of sp³-hybridized carbons (Fsp3) is 0.438. The molecule has 0 aliphatic carbocycles. The number of thioether (sulfide) groups is 1. The summed E-state index contributed by atoms with van der Waals surface area (Å²) in [6, 6.07) is 2.13. The molecule has 0 saturated carbocycles. The molecule has 0 bridgehead atoms. The van der Waals surface area contributed by atoms with Crippen molar-refractivity contribution in [2.24, 2.45) is 0 Å². The van der Waals surface area contributed by atoms with E-state index in [1.54, 1.807) is 11.3 Å². The molecule has 1 atom stereocenters. The molecule has 1 aliphatic rings. The van der Waals surface area contributed by atoms with E-state index in [2.05, 4.69) is 28.2 Å². The van der Waals surface area contributed by atoms with Crippen LogP contribution in [0.25, 0.3) is 0 Å². The van der Waals surface area contributed by atoms with Gasteiger partial charge in [-0.2, -0.15) is 0 Å². The summed E-state index contributed by atoms with van der Waals surface area (Å²) in [7, 11) is 0. The molecule has 122 valence electrons. The molecule has 7 heteroatoms. The highest BCUT2D eigenvalue weighted by molar-refractivity contribution is 8.00. The summed E-state index contributed by atoms with van der Waals surface area (Å²) in [6.07, 6.45) is 2.78. The van der Waals surface area contributed by atoms with Crippen LogP contribution >= 0.6 is 23.1 Å². The van der Waals surface area contributed by atoms with Crippen LogP contribution in [-0.2, 0) is 24.3 Å². The molecule has 0 N–H and O–H groups in total. The first-order valence-electron chi connectivity index (χ1n) is 7.61. The molecule has 0 unspecified atom stereocenters. The number of amides is 1. The summed E-state index contributed by atoms with van der Waals surface area (Å²) in [5.74, 6) is 1.01.